The van der Waals surface area contributed by atoms with Crippen molar-refractivity contribution < 1.29 is 18.3 Å². The molecule has 0 saturated heterocycles. The van der Waals surface area contributed by atoms with Gasteiger partial charge in [0.25, 0.3) is 0 Å². The molecule has 26 heavy (non-hydrogen) atoms. The minimum absolute atomic E-state index is 0. The van der Waals surface area contributed by atoms with Gasteiger partial charge in [-0.25, -0.2) is 18.6 Å². The molecular formula is C17H27F2IN4O2. The molecule has 0 fully saturated rings. The molecule has 0 aliphatic heterocycles. The molecule has 1 aromatic rings. The van der Waals surface area contributed by atoms with Crippen molar-refractivity contribution >= 4 is 36.0 Å². The Labute approximate surface area is 170 Å². The van der Waals surface area contributed by atoms with Crippen LogP contribution in [0.3, 0.4) is 0 Å². The Morgan fingerprint density at radius 3 is 2.42 bits per heavy atom. The van der Waals surface area contributed by atoms with Crippen LogP contribution in [0.4, 0.5) is 13.6 Å². The Balaban J connectivity index is 0.00000625. The summed E-state index contributed by atoms with van der Waals surface area (Å²) >= 11 is 0. The summed E-state index contributed by atoms with van der Waals surface area (Å²) in [6.45, 7) is 8.57. The standard InChI is InChI=1S/C17H26F2N4O2.HI/c1-5-20-15(21-8-9-22-16(24)25-17(2,3)4)23-11-12-10-13(18)6-7-14(12)19;/h6-7,10H,5,8-9,11H2,1-4H3,(H,22,24)(H2,20,21,23);1H. The average molecular weight is 484 g/mol. The Kier molecular flexibility index (Phi) is 11.1. The molecule has 0 radical (unpaired) electrons. The molecule has 1 rings (SSSR count). The number of carbonyl (C=O) groups is 1. The summed E-state index contributed by atoms with van der Waals surface area (Å²) in [5.74, 6) is -0.573. The fraction of sp³-hybridized carbons (Fsp3) is 0.529. The van der Waals surface area contributed by atoms with Crippen LogP contribution in [0.5, 0.6) is 0 Å². The summed E-state index contributed by atoms with van der Waals surface area (Å²) in [7, 11) is 0. The van der Waals surface area contributed by atoms with E-state index in [1.165, 1.54) is 0 Å². The summed E-state index contributed by atoms with van der Waals surface area (Å²) in [6.07, 6.45) is -0.502. The number of amides is 1. The van der Waals surface area contributed by atoms with Gasteiger partial charge in [0.2, 0.25) is 0 Å². The second-order valence-electron chi connectivity index (χ2n) is 6.29. The average Bonchev–Trinajstić information content (AvgIpc) is 2.50. The molecule has 0 heterocycles. The first kappa shape index (κ1) is 24.4. The van der Waals surface area contributed by atoms with Crippen molar-refractivity contribution in [2.24, 2.45) is 4.99 Å². The second kappa shape index (κ2) is 11.9. The molecule has 0 aliphatic rings. The van der Waals surface area contributed by atoms with E-state index in [4.69, 9.17) is 4.74 Å². The van der Waals surface area contributed by atoms with Crippen molar-refractivity contribution in [1.29, 1.82) is 0 Å². The molecule has 1 amide bonds. The molecule has 0 aliphatic carbocycles. The fourth-order valence-corrected chi connectivity index (χ4v) is 1.83. The van der Waals surface area contributed by atoms with Crippen LogP contribution in [0.25, 0.3) is 0 Å². The number of hydrogen-bond acceptors (Lipinski definition) is 3. The Morgan fingerprint density at radius 1 is 1.15 bits per heavy atom. The van der Waals surface area contributed by atoms with E-state index in [0.717, 1.165) is 18.2 Å². The number of aliphatic imine (C=N–C) groups is 1. The van der Waals surface area contributed by atoms with E-state index < -0.39 is 23.3 Å². The molecule has 0 atom stereocenters. The van der Waals surface area contributed by atoms with Crippen molar-refractivity contribution in [1.82, 2.24) is 16.0 Å². The van der Waals surface area contributed by atoms with Gasteiger partial charge in [-0.1, -0.05) is 0 Å². The van der Waals surface area contributed by atoms with Crippen LogP contribution in [0.15, 0.2) is 23.2 Å². The normalized spacial score (nSPS) is 11.4. The van der Waals surface area contributed by atoms with Gasteiger partial charge >= 0.3 is 6.09 Å². The fourth-order valence-electron chi connectivity index (χ4n) is 1.83. The topological polar surface area (TPSA) is 74.8 Å². The van der Waals surface area contributed by atoms with Crippen molar-refractivity contribution in [3.05, 3.63) is 35.4 Å². The molecule has 148 valence electrons. The van der Waals surface area contributed by atoms with Gasteiger partial charge in [0.05, 0.1) is 6.54 Å². The summed E-state index contributed by atoms with van der Waals surface area (Å²) in [4.78, 5) is 15.7. The number of alkyl carbamates (subject to hydrolysis) is 1. The van der Waals surface area contributed by atoms with Crippen molar-refractivity contribution in [3.8, 4) is 0 Å². The first-order valence-corrected chi connectivity index (χ1v) is 8.14. The van der Waals surface area contributed by atoms with Crippen molar-refractivity contribution in [2.45, 2.75) is 39.8 Å². The lowest BCUT2D eigenvalue weighted by Crippen LogP contribution is -2.42. The van der Waals surface area contributed by atoms with Crippen LogP contribution in [0, 0.1) is 11.6 Å². The number of ether oxygens (including phenoxy) is 1. The van der Waals surface area contributed by atoms with Crippen LogP contribution >= 0.6 is 24.0 Å². The maximum absolute atomic E-state index is 13.6. The molecule has 6 nitrogen and oxygen atoms in total. The van der Waals surface area contributed by atoms with Gasteiger partial charge in [0, 0.05) is 25.2 Å². The van der Waals surface area contributed by atoms with Crippen LogP contribution in [0.2, 0.25) is 0 Å². The summed E-state index contributed by atoms with van der Waals surface area (Å²) in [6, 6.07) is 3.26. The minimum atomic E-state index is -0.553. The Morgan fingerprint density at radius 2 is 1.81 bits per heavy atom. The molecule has 0 aromatic heterocycles. The predicted molar refractivity (Wildman–Crippen MR) is 109 cm³/mol. The number of guanidine groups is 1. The third-order valence-electron chi connectivity index (χ3n) is 2.85. The summed E-state index contributed by atoms with van der Waals surface area (Å²) in [5.41, 5.74) is -0.382. The molecule has 0 unspecified atom stereocenters. The Bertz CT molecular complexity index is 607. The zero-order chi connectivity index (χ0) is 18.9. The van der Waals surface area contributed by atoms with Gasteiger partial charge in [-0.3, -0.25) is 0 Å². The highest BCUT2D eigenvalue weighted by Crippen LogP contribution is 2.10. The third kappa shape index (κ3) is 10.4. The summed E-state index contributed by atoms with van der Waals surface area (Å²) in [5, 5.41) is 8.60. The van der Waals surface area contributed by atoms with E-state index in [1.54, 1.807) is 20.8 Å². The molecule has 0 bridgehead atoms. The van der Waals surface area contributed by atoms with Crippen LogP contribution in [-0.4, -0.2) is 37.3 Å². The first-order chi connectivity index (χ1) is 11.7. The molecule has 3 N–H and O–H groups in total. The Hall–Kier alpha value is -1.65. The number of carbonyl (C=O) groups excluding carboxylic acids is 1. The lowest BCUT2D eigenvalue weighted by molar-refractivity contribution is 0.0529. The maximum Gasteiger partial charge on any atom is 0.407 e. The highest BCUT2D eigenvalue weighted by Gasteiger charge is 2.15. The van der Waals surface area contributed by atoms with Gasteiger partial charge in [-0.05, 0) is 45.9 Å². The molecule has 0 saturated carbocycles. The van der Waals surface area contributed by atoms with Crippen molar-refractivity contribution in [3.63, 3.8) is 0 Å². The highest BCUT2D eigenvalue weighted by molar-refractivity contribution is 14.0. The van der Waals surface area contributed by atoms with Gasteiger partial charge in [-0.2, -0.15) is 0 Å². The lowest BCUT2D eigenvalue weighted by atomic mass is 10.2. The zero-order valence-electron chi connectivity index (χ0n) is 15.5. The number of halogens is 3. The van der Waals surface area contributed by atoms with E-state index >= 15 is 0 Å². The molecule has 0 spiro atoms. The third-order valence-corrected chi connectivity index (χ3v) is 2.85. The summed E-state index contributed by atoms with van der Waals surface area (Å²) < 4.78 is 31.9. The lowest BCUT2D eigenvalue weighted by Gasteiger charge is -2.19. The van der Waals surface area contributed by atoms with E-state index in [9.17, 15) is 13.6 Å². The zero-order valence-corrected chi connectivity index (χ0v) is 17.8. The minimum Gasteiger partial charge on any atom is -0.444 e. The van der Waals surface area contributed by atoms with Crippen molar-refractivity contribution in [2.75, 3.05) is 19.6 Å². The van der Waals surface area contributed by atoms with E-state index in [-0.39, 0.29) is 36.1 Å². The number of nitrogens with zero attached hydrogens (tertiary/aromatic N) is 1. The van der Waals surface area contributed by atoms with E-state index in [1.807, 2.05) is 6.92 Å². The molecule has 1 aromatic carbocycles. The van der Waals surface area contributed by atoms with Crippen LogP contribution in [-0.2, 0) is 11.3 Å². The molecular weight excluding hydrogens is 457 g/mol. The smallest absolute Gasteiger partial charge is 0.407 e. The number of nitrogens with one attached hydrogen (secondary N) is 3. The maximum atomic E-state index is 13.6. The van der Waals surface area contributed by atoms with Gasteiger partial charge in [-0.15, -0.1) is 24.0 Å². The van der Waals surface area contributed by atoms with Gasteiger partial charge < -0.3 is 20.7 Å². The molecule has 9 heteroatoms. The van der Waals surface area contributed by atoms with Gasteiger partial charge in [0.15, 0.2) is 5.96 Å². The largest absolute Gasteiger partial charge is 0.444 e. The first-order valence-electron chi connectivity index (χ1n) is 8.14. The number of rotatable bonds is 6. The number of benzene rings is 1. The van der Waals surface area contributed by atoms with Crippen LogP contribution < -0.4 is 16.0 Å². The second-order valence-corrected chi connectivity index (χ2v) is 6.29. The van der Waals surface area contributed by atoms with Gasteiger partial charge in [0.1, 0.15) is 17.2 Å². The quantitative estimate of drug-likeness (QED) is 0.251. The monoisotopic (exact) mass is 484 g/mol. The SMILES string of the molecule is CCNC(=NCc1cc(F)ccc1F)NCCNC(=O)OC(C)(C)C.I. The number of hydrogen-bond donors (Lipinski definition) is 3. The van der Waals surface area contributed by atoms with Crippen LogP contribution in [0.1, 0.15) is 33.3 Å². The van der Waals surface area contributed by atoms with E-state index in [2.05, 4.69) is 20.9 Å². The predicted octanol–water partition coefficient (Wildman–Crippen LogP) is 3.16. The highest BCUT2D eigenvalue weighted by atomic mass is 127. The van der Waals surface area contributed by atoms with E-state index in [0.29, 0.717) is 25.6 Å².